The van der Waals surface area contributed by atoms with E-state index in [4.69, 9.17) is 9.84 Å². The van der Waals surface area contributed by atoms with Crippen LogP contribution >= 0.6 is 0 Å². The predicted molar refractivity (Wildman–Crippen MR) is 137 cm³/mol. The van der Waals surface area contributed by atoms with Crippen molar-refractivity contribution in [1.82, 2.24) is 4.90 Å². The van der Waals surface area contributed by atoms with Gasteiger partial charge in [0.25, 0.3) is 0 Å². The number of rotatable bonds is 7. The van der Waals surface area contributed by atoms with E-state index in [1.807, 2.05) is 96.1 Å². The van der Waals surface area contributed by atoms with E-state index in [0.29, 0.717) is 6.54 Å². The third kappa shape index (κ3) is 11.7. The molecule has 33 heavy (non-hydrogen) atoms. The normalized spacial score (nSPS) is 13.2. The third-order valence-corrected chi connectivity index (χ3v) is 4.91. The second kappa shape index (κ2) is 18.9. The number of carbonyl (C=O) groups is 2. The minimum Gasteiger partial charge on any atom is -0.481 e. The molecule has 0 aromatic heterocycles. The Kier molecular flexibility index (Phi) is 17.3. The number of benzene rings is 2. The molecule has 0 atom stereocenters. The molecular formula is C28H43NO4. The number of carbonyl (C=O) groups excluding carboxylic acids is 1. The fraction of sp³-hybridized carbons (Fsp3) is 0.500. The van der Waals surface area contributed by atoms with Gasteiger partial charge < -0.3 is 14.7 Å². The van der Waals surface area contributed by atoms with E-state index in [0.717, 1.165) is 42.6 Å². The highest BCUT2D eigenvalue weighted by Crippen LogP contribution is 2.24. The Bertz CT molecular complexity index is 768. The minimum absolute atomic E-state index is 0.0811. The number of likely N-dealkylation sites (tertiary alicyclic amines) is 1. The van der Waals surface area contributed by atoms with Gasteiger partial charge in [-0.05, 0) is 29.5 Å². The minimum atomic E-state index is -0.777. The molecular weight excluding hydrogens is 414 g/mol. The standard InChI is InChI=1S/C22H25NO4.3C2H6/c24-21(25)12-15-23-13-10-19(11-14-23)27-22(26)16-18-8-4-5-9-20(18)17-6-2-1-3-7-17;3*1-2/h1-9,19H,10-16H2,(H,24,25);3*1-2H3. The number of hydrogen-bond acceptors (Lipinski definition) is 4. The summed E-state index contributed by atoms with van der Waals surface area (Å²) >= 11 is 0. The van der Waals surface area contributed by atoms with Gasteiger partial charge in [0.2, 0.25) is 0 Å². The topological polar surface area (TPSA) is 66.8 Å². The van der Waals surface area contributed by atoms with Crippen LogP contribution in [0.4, 0.5) is 0 Å². The molecule has 0 radical (unpaired) electrons. The number of aliphatic carboxylic acids is 1. The van der Waals surface area contributed by atoms with E-state index in [1.54, 1.807) is 0 Å². The van der Waals surface area contributed by atoms with E-state index in [2.05, 4.69) is 4.90 Å². The van der Waals surface area contributed by atoms with Gasteiger partial charge in [0.15, 0.2) is 0 Å². The first kappa shape index (κ1) is 30.3. The van der Waals surface area contributed by atoms with Gasteiger partial charge in [-0.25, -0.2) is 0 Å². The van der Waals surface area contributed by atoms with Crippen molar-refractivity contribution in [1.29, 1.82) is 0 Å². The molecule has 3 rings (SSSR count). The van der Waals surface area contributed by atoms with Crippen LogP contribution < -0.4 is 0 Å². The van der Waals surface area contributed by atoms with Crippen LogP contribution in [0.3, 0.4) is 0 Å². The molecule has 1 N–H and O–H groups in total. The molecule has 1 heterocycles. The summed E-state index contributed by atoms with van der Waals surface area (Å²) in [6, 6.07) is 17.9. The highest BCUT2D eigenvalue weighted by molar-refractivity contribution is 5.78. The zero-order valence-electron chi connectivity index (χ0n) is 21.3. The Labute approximate surface area is 200 Å². The number of hydrogen-bond donors (Lipinski definition) is 1. The number of carboxylic acid groups (broad SMARTS) is 1. The molecule has 1 aliphatic rings. The largest absolute Gasteiger partial charge is 0.481 e. The van der Waals surface area contributed by atoms with Crippen LogP contribution in [0.15, 0.2) is 54.6 Å². The van der Waals surface area contributed by atoms with Crippen molar-refractivity contribution >= 4 is 11.9 Å². The Hall–Kier alpha value is -2.66. The van der Waals surface area contributed by atoms with Gasteiger partial charge in [-0.1, -0.05) is 96.1 Å². The van der Waals surface area contributed by atoms with Crippen LogP contribution in [0.25, 0.3) is 11.1 Å². The van der Waals surface area contributed by atoms with Crippen LogP contribution in [0.1, 0.15) is 66.4 Å². The van der Waals surface area contributed by atoms with Crippen molar-refractivity contribution in [2.45, 2.75) is 73.3 Å². The van der Waals surface area contributed by atoms with E-state index >= 15 is 0 Å². The van der Waals surface area contributed by atoms with Gasteiger partial charge in [-0.2, -0.15) is 0 Å². The summed E-state index contributed by atoms with van der Waals surface area (Å²) in [6.07, 6.45) is 1.84. The fourth-order valence-electron chi connectivity index (χ4n) is 3.46. The summed E-state index contributed by atoms with van der Waals surface area (Å²) in [7, 11) is 0. The van der Waals surface area contributed by atoms with Crippen LogP contribution in [0.5, 0.6) is 0 Å². The second-order valence-electron chi connectivity index (χ2n) is 6.87. The lowest BCUT2D eigenvalue weighted by molar-refractivity contribution is -0.150. The number of ether oxygens (including phenoxy) is 1. The van der Waals surface area contributed by atoms with E-state index < -0.39 is 5.97 Å². The van der Waals surface area contributed by atoms with E-state index in [9.17, 15) is 9.59 Å². The lowest BCUT2D eigenvalue weighted by Gasteiger charge is -2.31. The molecule has 1 saturated heterocycles. The van der Waals surface area contributed by atoms with Crippen LogP contribution in [-0.4, -0.2) is 47.7 Å². The summed E-state index contributed by atoms with van der Waals surface area (Å²) < 4.78 is 5.68. The Morgan fingerprint density at radius 2 is 1.42 bits per heavy atom. The van der Waals surface area contributed by atoms with Gasteiger partial charge in [0, 0.05) is 19.6 Å². The van der Waals surface area contributed by atoms with Gasteiger partial charge in [0.1, 0.15) is 6.10 Å². The van der Waals surface area contributed by atoms with Crippen LogP contribution in [0.2, 0.25) is 0 Å². The highest BCUT2D eigenvalue weighted by atomic mass is 16.5. The quantitative estimate of drug-likeness (QED) is 0.484. The molecule has 0 bridgehead atoms. The summed E-state index contributed by atoms with van der Waals surface area (Å²) in [5, 5.41) is 8.76. The first-order valence-corrected chi connectivity index (χ1v) is 12.4. The maximum Gasteiger partial charge on any atom is 0.310 e. The summed E-state index contributed by atoms with van der Waals surface area (Å²) in [5.74, 6) is -0.983. The Morgan fingerprint density at radius 1 is 0.879 bits per heavy atom. The summed E-state index contributed by atoms with van der Waals surface area (Å²) in [5.41, 5.74) is 3.11. The van der Waals surface area contributed by atoms with Crippen LogP contribution in [-0.2, 0) is 20.7 Å². The average molecular weight is 458 g/mol. The fourth-order valence-corrected chi connectivity index (χ4v) is 3.46. The van der Waals surface area contributed by atoms with Crippen molar-refractivity contribution in [2.24, 2.45) is 0 Å². The van der Waals surface area contributed by atoms with Crippen molar-refractivity contribution in [2.75, 3.05) is 19.6 Å². The van der Waals surface area contributed by atoms with Crippen molar-refractivity contribution in [3.8, 4) is 11.1 Å². The SMILES string of the molecule is CC.CC.CC.O=C(O)CCN1CCC(OC(=O)Cc2ccccc2-c2ccccc2)CC1. The van der Waals surface area contributed by atoms with Crippen LogP contribution in [0, 0.1) is 0 Å². The molecule has 2 aromatic carbocycles. The molecule has 184 valence electrons. The predicted octanol–water partition coefficient (Wildman–Crippen LogP) is 6.46. The monoisotopic (exact) mass is 457 g/mol. The number of nitrogens with zero attached hydrogens (tertiary/aromatic N) is 1. The van der Waals surface area contributed by atoms with Gasteiger partial charge in [-0.15, -0.1) is 0 Å². The summed E-state index contributed by atoms with van der Waals surface area (Å²) in [4.78, 5) is 25.2. The van der Waals surface area contributed by atoms with E-state index in [-0.39, 0.29) is 24.9 Å². The first-order valence-electron chi connectivity index (χ1n) is 12.4. The maximum atomic E-state index is 12.4. The highest BCUT2D eigenvalue weighted by Gasteiger charge is 2.23. The number of carboxylic acids is 1. The lowest BCUT2D eigenvalue weighted by atomic mass is 9.98. The Morgan fingerprint density at radius 3 is 2.00 bits per heavy atom. The molecule has 0 spiro atoms. The number of piperidine rings is 1. The third-order valence-electron chi connectivity index (χ3n) is 4.91. The first-order chi connectivity index (χ1) is 16.1. The molecule has 1 fully saturated rings. The molecule has 0 amide bonds. The van der Waals surface area contributed by atoms with Gasteiger partial charge in [-0.3, -0.25) is 9.59 Å². The maximum absolute atomic E-state index is 12.4. The zero-order chi connectivity index (χ0) is 25.1. The smallest absolute Gasteiger partial charge is 0.310 e. The molecule has 0 aliphatic carbocycles. The zero-order valence-corrected chi connectivity index (χ0v) is 21.3. The van der Waals surface area contributed by atoms with Crippen molar-refractivity contribution in [3.05, 3.63) is 60.2 Å². The summed E-state index contributed by atoms with van der Waals surface area (Å²) in [6.45, 7) is 14.1. The lowest BCUT2D eigenvalue weighted by Crippen LogP contribution is -2.39. The molecule has 5 nitrogen and oxygen atoms in total. The second-order valence-corrected chi connectivity index (χ2v) is 6.87. The van der Waals surface area contributed by atoms with Crippen molar-refractivity contribution < 1.29 is 19.4 Å². The Balaban J connectivity index is 0.00000158. The average Bonchev–Trinajstić information content (AvgIpc) is 2.88. The van der Waals surface area contributed by atoms with E-state index in [1.165, 1.54) is 0 Å². The molecule has 1 aliphatic heterocycles. The van der Waals surface area contributed by atoms with Crippen molar-refractivity contribution in [3.63, 3.8) is 0 Å². The molecule has 2 aromatic rings. The molecule has 0 saturated carbocycles. The number of esters is 1. The molecule has 0 unspecified atom stereocenters. The van der Waals surface area contributed by atoms with Gasteiger partial charge in [0.05, 0.1) is 12.8 Å². The molecule has 5 heteroatoms. The van der Waals surface area contributed by atoms with Gasteiger partial charge >= 0.3 is 11.9 Å².